The minimum absolute atomic E-state index is 0.140. The number of nitrogens with zero attached hydrogens (tertiary/aromatic N) is 3. The summed E-state index contributed by atoms with van der Waals surface area (Å²) >= 11 is 1.15. The van der Waals surface area contributed by atoms with E-state index in [1.54, 1.807) is 24.7 Å². The molecule has 3 heterocycles. The molecule has 1 N–H and O–H groups in total. The van der Waals surface area contributed by atoms with Crippen LogP contribution in [-0.4, -0.2) is 54.5 Å². The molecule has 0 bridgehead atoms. The summed E-state index contributed by atoms with van der Waals surface area (Å²) in [6.07, 6.45) is 5.46. The van der Waals surface area contributed by atoms with E-state index in [1.807, 2.05) is 42.0 Å². The zero-order chi connectivity index (χ0) is 21.8. The number of hydrogen-bond acceptors (Lipinski definition) is 6. The van der Waals surface area contributed by atoms with Crippen LogP contribution in [0.25, 0.3) is 5.69 Å². The van der Waals surface area contributed by atoms with E-state index in [4.69, 9.17) is 4.74 Å². The van der Waals surface area contributed by atoms with E-state index < -0.39 is 10.0 Å². The molecular formula is C21H24N4O4S2. The predicted octanol–water partition coefficient (Wildman–Crippen LogP) is 2.37. The number of thiophene rings is 1. The summed E-state index contributed by atoms with van der Waals surface area (Å²) in [5.41, 5.74) is 1.98. The molecule has 1 atom stereocenters. The second kappa shape index (κ2) is 9.31. The third-order valence-electron chi connectivity index (χ3n) is 5.11. The molecule has 1 fully saturated rings. The lowest BCUT2D eigenvalue weighted by molar-refractivity contribution is -0.121. The highest BCUT2D eigenvalue weighted by molar-refractivity contribution is 7.91. The summed E-state index contributed by atoms with van der Waals surface area (Å²) < 4.78 is 34.3. The second-order valence-corrected chi connectivity index (χ2v) is 10.6. The van der Waals surface area contributed by atoms with Crippen molar-refractivity contribution in [3.63, 3.8) is 0 Å². The molecule has 0 unspecified atom stereocenters. The van der Waals surface area contributed by atoms with Gasteiger partial charge in [-0.05, 0) is 36.8 Å². The number of rotatable bonds is 7. The van der Waals surface area contributed by atoms with E-state index in [9.17, 15) is 13.2 Å². The number of nitrogens with one attached hydrogen (secondary N) is 1. The summed E-state index contributed by atoms with van der Waals surface area (Å²) in [6.45, 7) is 3.44. The molecule has 10 heteroatoms. The van der Waals surface area contributed by atoms with Gasteiger partial charge in [-0.3, -0.25) is 4.79 Å². The molecule has 0 spiro atoms. The van der Waals surface area contributed by atoms with Crippen molar-refractivity contribution >= 4 is 27.3 Å². The molecule has 31 heavy (non-hydrogen) atoms. The van der Waals surface area contributed by atoms with Crippen LogP contribution in [0.15, 0.2) is 59.3 Å². The summed E-state index contributed by atoms with van der Waals surface area (Å²) in [5, 5.41) is 2.98. The fraction of sp³-hybridized carbons (Fsp3) is 0.333. The first-order valence-corrected chi connectivity index (χ1v) is 12.2. The van der Waals surface area contributed by atoms with Crippen LogP contribution in [0, 0.1) is 0 Å². The van der Waals surface area contributed by atoms with Gasteiger partial charge in [0.2, 0.25) is 5.91 Å². The molecular weight excluding hydrogens is 436 g/mol. The van der Waals surface area contributed by atoms with Crippen molar-refractivity contribution in [2.24, 2.45) is 0 Å². The highest BCUT2D eigenvalue weighted by Gasteiger charge is 2.28. The van der Waals surface area contributed by atoms with Gasteiger partial charge in [0.25, 0.3) is 10.0 Å². The Hall–Kier alpha value is -2.53. The van der Waals surface area contributed by atoms with Crippen LogP contribution >= 0.6 is 11.3 Å². The highest BCUT2D eigenvalue weighted by Crippen LogP contribution is 2.26. The Labute approximate surface area is 185 Å². The van der Waals surface area contributed by atoms with Crippen LogP contribution < -0.4 is 5.32 Å². The molecule has 0 radical (unpaired) electrons. The fourth-order valence-electron chi connectivity index (χ4n) is 3.39. The van der Waals surface area contributed by atoms with Crippen LogP contribution in [0.4, 0.5) is 0 Å². The molecule has 2 aromatic heterocycles. The largest absolute Gasteiger partial charge is 0.379 e. The van der Waals surface area contributed by atoms with Gasteiger partial charge in [0.1, 0.15) is 4.21 Å². The van der Waals surface area contributed by atoms with Crippen molar-refractivity contribution in [1.29, 1.82) is 0 Å². The smallest absolute Gasteiger partial charge is 0.252 e. The Morgan fingerprint density at radius 3 is 2.61 bits per heavy atom. The van der Waals surface area contributed by atoms with Crippen LogP contribution in [0.5, 0.6) is 0 Å². The quantitative estimate of drug-likeness (QED) is 0.584. The predicted molar refractivity (Wildman–Crippen MR) is 118 cm³/mol. The van der Waals surface area contributed by atoms with Gasteiger partial charge in [0.15, 0.2) is 0 Å². The van der Waals surface area contributed by atoms with Crippen LogP contribution in [0.3, 0.4) is 0 Å². The maximum Gasteiger partial charge on any atom is 0.252 e. The standard InChI is InChI=1S/C21H24N4O4S2/c1-16(17-2-4-18(5-3-17)24-9-8-22-15-24)23-20(26)14-19-6-7-21(30-19)31(27,28)25-10-12-29-13-11-25/h2-9,15-16H,10-14H2,1H3,(H,23,26)/t16-/m0/s1. The number of imidazole rings is 1. The molecule has 0 saturated carbocycles. The molecule has 1 aliphatic heterocycles. The van der Waals surface area contributed by atoms with Crippen molar-refractivity contribution < 1.29 is 17.9 Å². The summed E-state index contributed by atoms with van der Waals surface area (Å²) in [6, 6.07) is 11.0. The molecule has 0 aliphatic carbocycles. The first-order valence-electron chi connectivity index (χ1n) is 9.98. The van der Waals surface area contributed by atoms with Crippen LogP contribution in [-0.2, 0) is 26.0 Å². The normalized spacial score (nSPS) is 16.2. The Morgan fingerprint density at radius 2 is 1.94 bits per heavy atom. The third-order valence-corrected chi connectivity index (χ3v) is 8.56. The van der Waals surface area contributed by atoms with Crippen molar-refractivity contribution in [1.82, 2.24) is 19.2 Å². The maximum absolute atomic E-state index is 12.7. The Bertz CT molecular complexity index is 1120. The second-order valence-electron chi connectivity index (χ2n) is 7.26. The molecule has 164 valence electrons. The van der Waals surface area contributed by atoms with E-state index in [1.165, 1.54) is 4.31 Å². The van der Waals surface area contributed by atoms with Gasteiger partial charge < -0.3 is 14.6 Å². The molecule has 1 amide bonds. The lowest BCUT2D eigenvalue weighted by atomic mass is 10.1. The molecule has 4 rings (SSSR count). The average molecular weight is 461 g/mol. The number of hydrogen-bond donors (Lipinski definition) is 1. The van der Waals surface area contributed by atoms with Crippen molar-refractivity contribution in [3.8, 4) is 5.69 Å². The maximum atomic E-state index is 12.7. The average Bonchev–Trinajstić information content (AvgIpc) is 3.47. The van der Waals surface area contributed by atoms with Gasteiger partial charge in [0.05, 0.1) is 32.0 Å². The van der Waals surface area contributed by atoms with Gasteiger partial charge in [-0.25, -0.2) is 13.4 Å². The van der Waals surface area contributed by atoms with E-state index in [0.717, 1.165) is 22.6 Å². The fourth-order valence-corrected chi connectivity index (χ4v) is 6.30. The topological polar surface area (TPSA) is 93.5 Å². The zero-order valence-corrected chi connectivity index (χ0v) is 18.7. The number of ether oxygens (including phenoxy) is 1. The Kier molecular flexibility index (Phi) is 6.51. The van der Waals surface area contributed by atoms with Gasteiger partial charge in [-0.15, -0.1) is 11.3 Å². The zero-order valence-electron chi connectivity index (χ0n) is 17.1. The van der Waals surface area contributed by atoms with Gasteiger partial charge >= 0.3 is 0 Å². The van der Waals surface area contributed by atoms with Gasteiger partial charge in [-0.2, -0.15) is 4.31 Å². The first kappa shape index (κ1) is 21.7. The van der Waals surface area contributed by atoms with Crippen LogP contribution in [0.2, 0.25) is 0 Å². The van der Waals surface area contributed by atoms with Crippen molar-refractivity contribution in [2.45, 2.75) is 23.6 Å². The van der Waals surface area contributed by atoms with Gasteiger partial charge in [0, 0.05) is 36.0 Å². The van der Waals surface area contributed by atoms with Crippen LogP contribution in [0.1, 0.15) is 23.4 Å². The molecule has 1 aliphatic rings. The first-order chi connectivity index (χ1) is 14.9. The summed E-state index contributed by atoms with van der Waals surface area (Å²) in [7, 11) is -3.53. The number of carbonyl (C=O) groups is 1. The number of sulfonamides is 1. The van der Waals surface area contributed by atoms with Crippen molar-refractivity contribution in [2.75, 3.05) is 26.3 Å². The minimum atomic E-state index is -3.53. The number of morpholine rings is 1. The number of aromatic nitrogens is 2. The number of benzene rings is 1. The van der Waals surface area contributed by atoms with E-state index in [2.05, 4.69) is 10.3 Å². The van der Waals surface area contributed by atoms with Crippen molar-refractivity contribution in [3.05, 3.63) is 65.6 Å². The SMILES string of the molecule is C[C@H](NC(=O)Cc1ccc(S(=O)(=O)N2CCOCC2)s1)c1ccc(-n2ccnc2)cc1. The number of amides is 1. The molecule has 8 nitrogen and oxygen atoms in total. The highest BCUT2D eigenvalue weighted by atomic mass is 32.2. The lowest BCUT2D eigenvalue weighted by Crippen LogP contribution is -2.40. The Morgan fingerprint density at radius 1 is 1.19 bits per heavy atom. The number of carbonyl (C=O) groups excluding carboxylic acids is 1. The Balaban J connectivity index is 1.35. The molecule has 1 saturated heterocycles. The minimum Gasteiger partial charge on any atom is -0.379 e. The lowest BCUT2D eigenvalue weighted by Gasteiger charge is -2.25. The monoisotopic (exact) mass is 460 g/mol. The van der Waals surface area contributed by atoms with E-state index in [-0.39, 0.29) is 22.6 Å². The summed E-state index contributed by atoms with van der Waals surface area (Å²) in [4.78, 5) is 17.3. The summed E-state index contributed by atoms with van der Waals surface area (Å²) in [5.74, 6) is -0.150. The molecule has 1 aromatic carbocycles. The van der Waals surface area contributed by atoms with E-state index in [0.29, 0.717) is 31.2 Å². The van der Waals surface area contributed by atoms with Gasteiger partial charge in [-0.1, -0.05) is 12.1 Å². The molecule has 3 aromatic rings. The van der Waals surface area contributed by atoms with E-state index >= 15 is 0 Å². The third kappa shape index (κ3) is 5.04.